The highest BCUT2D eigenvalue weighted by molar-refractivity contribution is 6.46. The number of aryl methyl sites for hydroxylation is 1. The summed E-state index contributed by atoms with van der Waals surface area (Å²) in [5, 5.41) is 3.72. The van der Waals surface area contributed by atoms with Crippen LogP contribution in [0.25, 0.3) is 0 Å². The summed E-state index contributed by atoms with van der Waals surface area (Å²) in [5.74, 6) is -1.69. The SMILES string of the molecule is COC(=O)C1=C(NCCN2CCCc3ccccc32)C2C=CC=C(Cl)C2=NC1=O. The Balaban J connectivity index is 1.55. The van der Waals surface area contributed by atoms with Crippen LogP contribution in [0.2, 0.25) is 0 Å². The van der Waals surface area contributed by atoms with Gasteiger partial charge >= 0.3 is 5.97 Å². The Labute approximate surface area is 174 Å². The largest absolute Gasteiger partial charge is 0.465 e. The number of ether oxygens (including phenoxy) is 1. The van der Waals surface area contributed by atoms with Crippen LogP contribution in [0, 0.1) is 5.92 Å². The second-order valence-corrected chi connectivity index (χ2v) is 7.51. The molecule has 29 heavy (non-hydrogen) atoms. The molecule has 3 aliphatic rings. The number of hydrogen-bond donors (Lipinski definition) is 1. The first kappa shape index (κ1) is 19.5. The first-order valence-corrected chi connectivity index (χ1v) is 10.0. The smallest absolute Gasteiger partial charge is 0.345 e. The lowest BCUT2D eigenvalue weighted by molar-refractivity contribution is -0.137. The third-order valence-electron chi connectivity index (χ3n) is 5.39. The summed E-state index contributed by atoms with van der Waals surface area (Å²) in [7, 11) is 1.26. The van der Waals surface area contributed by atoms with Crippen molar-refractivity contribution in [3.8, 4) is 0 Å². The summed E-state index contributed by atoms with van der Waals surface area (Å²) in [6, 6.07) is 8.41. The molecular formula is C22H22ClN3O3. The van der Waals surface area contributed by atoms with E-state index in [1.807, 2.05) is 12.1 Å². The zero-order chi connectivity index (χ0) is 20.4. The van der Waals surface area contributed by atoms with Gasteiger partial charge in [-0.05, 0) is 30.5 Å². The molecule has 0 aromatic heterocycles. The molecule has 1 aromatic rings. The van der Waals surface area contributed by atoms with Gasteiger partial charge in [0.2, 0.25) is 0 Å². The second-order valence-electron chi connectivity index (χ2n) is 7.11. The Morgan fingerprint density at radius 1 is 1.38 bits per heavy atom. The number of carbonyl (C=O) groups excluding carboxylic acids is 2. The molecule has 0 fully saturated rings. The molecule has 6 nitrogen and oxygen atoms in total. The number of nitrogens with one attached hydrogen (secondary N) is 1. The van der Waals surface area contributed by atoms with E-state index in [0.717, 1.165) is 25.9 Å². The number of rotatable bonds is 5. The van der Waals surface area contributed by atoms with Gasteiger partial charge in [-0.25, -0.2) is 9.79 Å². The fourth-order valence-corrected chi connectivity index (χ4v) is 4.27. The van der Waals surface area contributed by atoms with Gasteiger partial charge in [0.25, 0.3) is 5.91 Å². The van der Waals surface area contributed by atoms with Crippen LogP contribution < -0.4 is 10.2 Å². The molecule has 2 heterocycles. The Morgan fingerprint density at radius 2 is 2.21 bits per heavy atom. The highest BCUT2D eigenvalue weighted by Crippen LogP contribution is 2.31. The van der Waals surface area contributed by atoms with Gasteiger partial charge in [0.05, 0.1) is 23.8 Å². The minimum Gasteiger partial charge on any atom is -0.465 e. The van der Waals surface area contributed by atoms with Crippen LogP contribution in [-0.2, 0) is 20.7 Å². The summed E-state index contributed by atoms with van der Waals surface area (Å²) in [5.41, 5.74) is 3.49. The summed E-state index contributed by atoms with van der Waals surface area (Å²) in [6.45, 7) is 2.29. The van der Waals surface area contributed by atoms with Gasteiger partial charge in [-0.2, -0.15) is 0 Å². The lowest BCUT2D eigenvalue weighted by Gasteiger charge is -2.32. The van der Waals surface area contributed by atoms with Crippen molar-refractivity contribution < 1.29 is 14.3 Å². The molecule has 150 valence electrons. The molecule has 7 heteroatoms. The van der Waals surface area contributed by atoms with Crippen LogP contribution in [0.5, 0.6) is 0 Å². The van der Waals surface area contributed by atoms with Crippen molar-refractivity contribution in [1.29, 1.82) is 0 Å². The van der Waals surface area contributed by atoms with E-state index in [1.54, 1.807) is 12.2 Å². The Bertz CT molecular complexity index is 977. The van der Waals surface area contributed by atoms with Crippen LogP contribution in [0.3, 0.4) is 0 Å². The number of carbonyl (C=O) groups is 2. The molecule has 1 aliphatic carbocycles. The highest BCUT2D eigenvalue weighted by atomic mass is 35.5. The van der Waals surface area contributed by atoms with Crippen molar-refractivity contribution in [3.63, 3.8) is 0 Å². The Kier molecular flexibility index (Phi) is 5.53. The predicted molar refractivity (Wildman–Crippen MR) is 113 cm³/mol. The number of hydrogen-bond acceptors (Lipinski definition) is 5. The molecule has 2 aliphatic heterocycles. The molecule has 0 bridgehead atoms. The molecule has 1 N–H and O–H groups in total. The third kappa shape index (κ3) is 3.72. The van der Waals surface area contributed by atoms with Gasteiger partial charge in [0.15, 0.2) is 0 Å². The van der Waals surface area contributed by atoms with Crippen molar-refractivity contribution in [2.75, 3.05) is 31.6 Å². The van der Waals surface area contributed by atoms with Crippen LogP contribution in [0.1, 0.15) is 12.0 Å². The molecule has 0 saturated carbocycles. The molecule has 1 aromatic carbocycles. The number of dihydropyridines is 1. The number of allylic oxidation sites excluding steroid dienone is 4. The molecule has 0 radical (unpaired) electrons. The summed E-state index contributed by atoms with van der Waals surface area (Å²) >= 11 is 6.25. The number of esters is 1. The molecular weight excluding hydrogens is 390 g/mol. The van der Waals surface area contributed by atoms with E-state index in [1.165, 1.54) is 18.4 Å². The minimum absolute atomic E-state index is 0.0590. The molecule has 1 atom stereocenters. The van der Waals surface area contributed by atoms with Crippen molar-refractivity contribution in [1.82, 2.24) is 5.32 Å². The number of methoxy groups -OCH3 is 1. The zero-order valence-electron chi connectivity index (χ0n) is 16.2. The van der Waals surface area contributed by atoms with Crippen molar-refractivity contribution in [3.05, 3.63) is 64.4 Å². The lowest BCUT2D eigenvalue weighted by Crippen LogP contribution is -2.40. The van der Waals surface area contributed by atoms with Gasteiger partial charge in [-0.15, -0.1) is 0 Å². The van der Waals surface area contributed by atoms with Crippen molar-refractivity contribution in [2.24, 2.45) is 10.9 Å². The number of halogens is 1. The maximum Gasteiger partial charge on any atom is 0.345 e. The van der Waals surface area contributed by atoms with E-state index in [9.17, 15) is 9.59 Å². The number of nitrogens with zero attached hydrogens (tertiary/aromatic N) is 2. The molecule has 4 rings (SSSR count). The first-order chi connectivity index (χ1) is 14.1. The maximum absolute atomic E-state index is 12.5. The molecule has 0 spiro atoms. The fourth-order valence-electron chi connectivity index (χ4n) is 4.04. The van der Waals surface area contributed by atoms with Gasteiger partial charge in [0, 0.05) is 31.0 Å². The van der Waals surface area contributed by atoms with E-state index < -0.39 is 11.9 Å². The average molecular weight is 412 g/mol. The average Bonchev–Trinajstić information content (AvgIpc) is 2.74. The van der Waals surface area contributed by atoms with Gasteiger partial charge in [0.1, 0.15) is 5.57 Å². The number of benzene rings is 1. The van der Waals surface area contributed by atoms with Crippen molar-refractivity contribution in [2.45, 2.75) is 12.8 Å². The Morgan fingerprint density at radius 3 is 3.03 bits per heavy atom. The zero-order valence-corrected chi connectivity index (χ0v) is 16.9. The number of amides is 1. The van der Waals surface area contributed by atoms with Crippen LogP contribution >= 0.6 is 11.6 Å². The fraction of sp³-hybridized carbons (Fsp3) is 0.318. The van der Waals surface area contributed by atoms with Crippen molar-refractivity contribution >= 4 is 34.9 Å². The van der Waals surface area contributed by atoms with Gasteiger partial charge in [-0.3, -0.25) is 4.79 Å². The highest BCUT2D eigenvalue weighted by Gasteiger charge is 2.36. The monoisotopic (exact) mass is 411 g/mol. The number of anilines is 1. The van der Waals surface area contributed by atoms with Crippen LogP contribution in [0.4, 0.5) is 5.69 Å². The van der Waals surface area contributed by atoms with Crippen LogP contribution in [-0.4, -0.2) is 44.3 Å². The van der Waals surface area contributed by atoms with E-state index in [0.29, 0.717) is 23.0 Å². The summed E-state index contributed by atoms with van der Waals surface area (Å²) in [4.78, 5) is 31.2. The van der Waals surface area contributed by atoms with Crippen LogP contribution in [0.15, 0.2) is 63.8 Å². The number of para-hydroxylation sites is 1. The van der Waals surface area contributed by atoms with Gasteiger partial charge < -0.3 is 15.0 Å². The van der Waals surface area contributed by atoms with E-state index in [-0.39, 0.29) is 11.5 Å². The Hall–Kier alpha value is -2.86. The van der Waals surface area contributed by atoms with E-state index >= 15 is 0 Å². The molecule has 0 saturated heterocycles. The number of aliphatic imine (C=N–C) groups is 1. The summed E-state index contributed by atoms with van der Waals surface area (Å²) in [6.07, 6.45) is 7.56. The maximum atomic E-state index is 12.5. The van der Waals surface area contributed by atoms with Gasteiger partial charge in [-0.1, -0.05) is 42.0 Å². The third-order valence-corrected chi connectivity index (χ3v) is 5.71. The quantitative estimate of drug-likeness (QED) is 0.596. The van der Waals surface area contributed by atoms with E-state index in [4.69, 9.17) is 16.3 Å². The molecule has 1 amide bonds. The molecule has 1 unspecified atom stereocenters. The second kappa shape index (κ2) is 8.25. The predicted octanol–water partition coefficient (Wildman–Crippen LogP) is 2.75. The first-order valence-electron chi connectivity index (χ1n) is 9.66. The number of fused-ring (bicyclic) bond motifs is 2. The minimum atomic E-state index is -0.692. The lowest BCUT2D eigenvalue weighted by atomic mass is 9.88. The van der Waals surface area contributed by atoms with E-state index in [2.05, 4.69) is 33.4 Å². The standard InChI is InChI=1S/C22H22ClN3O3/c1-29-22(28)18-20(15-8-4-9-16(23)19(15)25-21(18)27)24-11-13-26-12-5-7-14-6-2-3-10-17(14)26/h2-4,6,8-10,15,24H,5,7,11-13H2,1H3. The summed E-state index contributed by atoms with van der Waals surface area (Å²) < 4.78 is 4.83. The normalized spacial score (nSPS) is 20.6. The topological polar surface area (TPSA) is 71.0 Å².